The lowest BCUT2D eigenvalue weighted by Gasteiger charge is -2.03. The first-order valence-corrected chi connectivity index (χ1v) is 4.12. The summed E-state index contributed by atoms with van der Waals surface area (Å²) >= 11 is 5.84. The fourth-order valence-corrected chi connectivity index (χ4v) is 1.07. The van der Waals surface area contributed by atoms with Crippen molar-refractivity contribution in [3.63, 3.8) is 0 Å². The smallest absolute Gasteiger partial charge is 0.274 e. The molecule has 1 rings (SSSR count). The predicted octanol–water partition coefficient (Wildman–Crippen LogP) is 1.94. The number of hydrogen-bond acceptors (Lipinski definition) is 2. The molecule has 70 valence electrons. The Morgan fingerprint density at radius 2 is 2.23 bits per heavy atom. The number of benzene rings is 1. The summed E-state index contributed by atoms with van der Waals surface area (Å²) in [6.45, 7) is 1.88. The molecule has 0 saturated heterocycles. The van der Waals surface area contributed by atoms with Crippen molar-refractivity contribution in [2.24, 2.45) is 0 Å². The molecule has 0 aliphatic heterocycles. The summed E-state index contributed by atoms with van der Waals surface area (Å²) in [5, 5.41) is 0.573. The molecule has 0 atom stereocenters. The standard InChI is InChI=1S/C9H10ClNO2/c1-6-3-4-7(5-8(6)10)9(12)11-13-2/h3-5H,1-2H3,(H,11,12). The lowest BCUT2D eigenvalue weighted by molar-refractivity contribution is 0.0537. The molecular weight excluding hydrogens is 190 g/mol. The van der Waals surface area contributed by atoms with E-state index >= 15 is 0 Å². The highest BCUT2D eigenvalue weighted by molar-refractivity contribution is 6.31. The number of halogens is 1. The van der Waals surface area contributed by atoms with Crippen molar-refractivity contribution in [2.75, 3.05) is 7.11 Å². The van der Waals surface area contributed by atoms with Crippen LogP contribution in [0.25, 0.3) is 0 Å². The van der Waals surface area contributed by atoms with Crippen molar-refractivity contribution in [3.8, 4) is 0 Å². The highest BCUT2D eigenvalue weighted by atomic mass is 35.5. The van der Waals surface area contributed by atoms with Gasteiger partial charge < -0.3 is 0 Å². The van der Waals surface area contributed by atoms with E-state index < -0.39 is 0 Å². The van der Waals surface area contributed by atoms with E-state index in [9.17, 15) is 4.79 Å². The van der Waals surface area contributed by atoms with Gasteiger partial charge in [-0.15, -0.1) is 0 Å². The van der Waals surface area contributed by atoms with E-state index in [4.69, 9.17) is 11.6 Å². The Hall–Kier alpha value is -1.06. The molecule has 0 aliphatic carbocycles. The van der Waals surface area contributed by atoms with Gasteiger partial charge in [0, 0.05) is 10.6 Å². The third-order valence-electron chi connectivity index (χ3n) is 1.63. The average molecular weight is 200 g/mol. The van der Waals surface area contributed by atoms with Gasteiger partial charge in [0.15, 0.2) is 0 Å². The summed E-state index contributed by atoms with van der Waals surface area (Å²) in [6.07, 6.45) is 0. The molecule has 0 spiro atoms. The van der Waals surface area contributed by atoms with E-state index in [2.05, 4.69) is 10.3 Å². The summed E-state index contributed by atoms with van der Waals surface area (Å²) < 4.78 is 0. The van der Waals surface area contributed by atoms with Crippen molar-refractivity contribution >= 4 is 17.5 Å². The van der Waals surface area contributed by atoms with Crippen LogP contribution in [-0.2, 0) is 4.84 Å². The minimum absolute atomic E-state index is 0.301. The van der Waals surface area contributed by atoms with Crippen molar-refractivity contribution in [2.45, 2.75) is 6.92 Å². The molecule has 0 heterocycles. The Bertz CT molecular complexity index is 325. The Labute approximate surface area is 81.6 Å². The maximum Gasteiger partial charge on any atom is 0.274 e. The molecule has 0 radical (unpaired) electrons. The molecular formula is C9H10ClNO2. The summed E-state index contributed by atoms with van der Waals surface area (Å²) in [6, 6.07) is 5.08. The van der Waals surface area contributed by atoms with Crippen LogP contribution in [0.5, 0.6) is 0 Å². The number of nitrogens with one attached hydrogen (secondary N) is 1. The number of aryl methyl sites for hydroxylation is 1. The molecule has 1 amide bonds. The van der Waals surface area contributed by atoms with Crippen molar-refractivity contribution in [3.05, 3.63) is 34.3 Å². The van der Waals surface area contributed by atoms with E-state index in [0.717, 1.165) is 5.56 Å². The van der Waals surface area contributed by atoms with Crippen LogP contribution in [0.4, 0.5) is 0 Å². The maximum atomic E-state index is 11.2. The molecule has 0 saturated carbocycles. The van der Waals surface area contributed by atoms with Gasteiger partial charge in [-0.1, -0.05) is 17.7 Å². The minimum atomic E-state index is -0.301. The molecule has 1 N–H and O–H groups in total. The normalized spacial score (nSPS) is 9.77. The van der Waals surface area contributed by atoms with Gasteiger partial charge in [-0.3, -0.25) is 9.63 Å². The molecule has 1 aromatic carbocycles. The Balaban J connectivity index is 2.90. The first-order chi connectivity index (χ1) is 6.15. The van der Waals surface area contributed by atoms with E-state index in [-0.39, 0.29) is 5.91 Å². The summed E-state index contributed by atoms with van der Waals surface area (Å²) in [7, 11) is 1.38. The Morgan fingerprint density at radius 1 is 1.54 bits per heavy atom. The van der Waals surface area contributed by atoms with Gasteiger partial charge in [-0.05, 0) is 24.6 Å². The first-order valence-electron chi connectivity index (χ1n) is 3.74. The minimum Gasteiger partial charge on any atom is -0.277 e. The molecule has 0 fully saturated rings. The number of hydroxylamine groups is 1. The van der Waals surface area contributed by atoms with Crippen molar-refractivity contribution in [1.82, 2.24) is 5.48 Å². The second kappa shape index (κ2) is 4.25. The van der Waals surface area contributed by atoms with Gasteiger partial charge >= 0.3 is 0 Å². The molecule has 0 aliphatic rings. The number of carbonyl (C=O) groups excluding carboxylic acids is 1. The Kier molecular flexibility index (Phi) is 3.28. The molecule has 4 heteroatoms. The summed E-state index contributed by atoms with van der Waals surface area (Å²) in [5.74, 6) is -0.301. The average Bonchev–Trinajstić information content (AvgIpc) is 2.10. The topological polar surface area (TPSA) is 38.3 Å². The summed E-state index contributed by atoms with van der Waals surface area (Å²) in [4.78, 5) is 15.7. The molecule has 3 nitrogen and oxygen atoms in total. The first kappa shape index (κ1) is 10.0. The second-order valence-corrected chi connectivity index (χ2v) is 3.01. The SMILES string of the molecule is CONC(=O)c1ccc(C)c(Cl)c1. The number of rotatable bonds is 2. The zero-order valence-electron chi connectivity index (χ0n) is 7.43. The molecule has 0 bridgehead atoms. The Morgan fingerprint density at radius 3 is 2.77 bits per heavy atom. The van der Waals surface area contributed by atoms with Crippen LogP contribution >= 0.6 is 11.6 Å². The van der Waals surface area contributed by atoms with Crippen LogP contribution in [0.1, 0.15) is 15.9 Å². The van der Waals surface area contributed by atoms with Crippen LogP contribution < -0.4 is 5.48 Å². The van der Waals surface area contributed by atoms with E-state index in [1.807, 2.05) is 6.92 Å². The van der Waals surface area contributed by atoms with Crippen LogP contribution in [0, 0.1) is 6.92 Å². The van der Waals surface area contributed by atoms with E-state index in [1.165, 1.54) is 7.11 Å². The van der Waals surface area contributed by atoms with Crippen LogP contribution in [0.2, 0.25) is 5.02 Å². The van der Waals surface area contributed by atoms with Gasteiger partial charge in [-0.25, -0.2) is 5.48 Å². The lowest BCUT2D eigenvalue weighted by atomic mass is 10.1. The molecule has 0 aromatic heterocycles. The van der Waals surface area contributed by atoms with Crippen LogP contribution in [0.15, 0.2) is 18.2 Å². The fourth-order valence-electron chi connectivity index (χ4n) is 0.886. The van der Waals surface area contributed by atoms with Gasteiger partial charge in [0.25, 0.3) is 5.91 Å². The molecule has 1 aromatic rings. The van der Waals surface area contributed by atoms with E-state index in [1.54, 1.807) is 18.2 Å². The van der Waals surface area contributed by atoms with Crippen molar-refractivity contribution < 1.29 is 9.63 Å². The van der Waals surface area contributed by atoms with E-state index in [0.29, 0.717) is 10.6 Å². The highest BCUT2D eigenvalue weighted by Crippen LogP contribution is 2.16. The zero-order chi connectivity index (χ0) is 9.84. The molecule has 0 unspecified atom stereocenters. The van der Waals surface area contributed by atoms with Crippen molar-refractivity contribution in [1.29, 1.82) is 0 Å². The molecule has 13 heavy (non-hydrogen) atoms. The largest absolute Gasteiger partial charge is 0.277 e. The lowest BCUT2D eigenvalue weighted by Crippen LogP contribution is -2.21. The quantitative estimate of drug-likeness (QED) is 0.740. The number of amides is 1. The summed E-state index contributed by atoms with van der Waals surface area (Å²) in [5.41, 5.74) is 3.64. The second-order valence-electron chi connectivity index (χ2n) is 2.60. The fraction of sp³-hybridized carbons (Fsp3) is 0.222. The third kappa shape index (κ3) is 2.44. The number of carbonyl (C=O) groups is 1. The van der Waals surface area contributed by atoms with Crippen LogP contribution in [0.3, 0.4) is 0 Å². The van der Waals surface area contributed by atoms with Gasteiger partial charge in [0.1, 0.15) is 0 Å². The van der Waals surface area contributed by atoms with Crippen LogP contribution in [-0.4, -0.2) is 13.0 Å². The monoisotopic (exact) mass is 199 g/mol. The van der Waals surface area contributed by atoms with Gasteiger partial charge in [0.05, 0.1) is 7.11 Å². The van der Waals surface area contributed by atoms with Gasteiger partial charge in [0.2, 0.25) is 0 Å². The third-order valence-corrected chi connectivity index (χ3v) is 2.04. The highest BCUT2D eigenvalue weighted by Gasteiger charge is 2.05. The predicted molar refractivity (Wildman–Crippen MR) is 50.7 cm³/mol. The van der Waals surface area contributed by atoms with Gasteiger partial charge in [-0.2, -0.15) is 0 Å². The maximum absolute atomic E-state index is 11.2. The zero-order valence-corrected chi connectivity index (χ0v) is 8.18. The number of hydrogen-bond donors (Lipinski definition) is 1.